The van der Waals surface area contributed by atoms with Crippen molar-refractivity contribution in [1.82, 2.24) is 14.9 Å². The highest BCUT2D eigenvalue weighted by Gasteiger charge is 2.20. The van der Waals surface area contributed by atoms with Crippen molar-refractivity contribution in [3.8, 4) is 0 Å². The highest BCUT2D eigenvalue weighted by atomic mass is 16.2. The van der Waals surface area contributed by atoms with Crippen LogP contribution in [-0.2, 0) is 13.1 Å². The summed E-state index contributed by atoms with van der Waals surface area (Å²) in [6, 6.07) is 0.740. The maximum Gasteiger partial charge on any atom is 0.122 e. The molecule has 0 amide bonds. The van der Waals surface area contributed by atoms with Crippen LogP contribution < -0.4 is 5.32 Å². The van der Waals surface area contributed by atoms with Gasteiger partial charge in [0.1, 0.15) is 5.82 Å². The van der Waals surface area contributed by atoms with Crippen LogP contribution >= 0.6 is 0 Å². The number of hydrogen-bond donors (Lipinski definition) is 2. The van der Waals surface area contributed by atoms with Crippen LogP contribution in [0, 0.1) is 0 Å². The second-order valence-corrected chi connectivity index (χ2v) is 4.83. The molecular formula is C13H23N3O. The molecule has 1 aromatic heterocycles. The zero-order chi connectivity index (χ0) is 11.9. The third kappa shape index (κ3) is 4.48. The lowest BCUT2D eigenvalue weighted by Gasteiger charge is -2.08. The first-order valence-corrected chi connectivity index (χ1v) is 6.74. The summed E-state index contributed by atoms with van der Waals surface area (Å²) in [5.74, 6) is 1.15. The van der Waals surface area contributed by atoms with Crippen LogP contribution in [0.1, 0.15) is 44.3 Å². The van der Waals surface area contributed by atoms with Crippen molar-refractivity contribution in [1.29, 1.82) is 0 Å². The summed E-state index contributed by atoms with van der Waals surface area (Å²) >= 11 is 0. The van der Waals surface area contributed by atoms with E-state index >= 15 is 0 Å². The molecule has 0 atom stereocenters. The topological polar surface area (TPSA) is 50.1 Å². The van der Waals surface area contributed by atoms with Crippen LogP contribution in [0.2, 0.25) is 0 Å². The molecule has 0 radical (unpaired) electrons. The van der Waals surface area contributed by atoms with Crippen molar-refractivity contribution in [2.45, 2.75) is 57.7 Å². The molecule has 1 aromatic rings. The van der Waals surface area contributed by atoms with Crippen LogP contribution in [0.25, 0.3) is 0 Å². The minimum atomic E-state index is 0.321. The molecule has 0 aromatic carbocycles. The van der Waals surface area contributed by atoms with Gasteiger partial charge in [-0.15, -0.1) is 0 Å². The smallest absolute Gasteiger partial charge is 0.122 e. The van der Waals surface area contributed by atoms with Gasteiger partial charge in [-0.05, 0) is 25.7 Å². The quantitative estimate of drug-likeness (QED) is 0.643. The van der Waals surface area contributed by atoms with E-state index in [4.69, 9.17) is 5.11 Å². The summed E-state index contributed by atoms with van der Waals surface area (Å²) in [5, 5.41) is 12.2. The highest BCUT2D eigenvalue weighted by Crippen LogP contribution is 2.19. The van der Waals surface area contributed by atoms with Crippen molar-refractivity contribution >= 4 is 0 Å². The summed E-state index contributed by atoms with van der Waals surface area (Å²) in [5.41, 5.74) is 0. The third-order valence-electron chi connectivity index (χ3n) is 3.24. The number of hydrogen-bond acceptors (Lipinski definition) is 3. The second kappa shape index (κ2) is 6.77. The first-order chi connectivity index (χ1) is 8.40. The van der Waals surface area contributed by atoms with E-state index in [0.29, 0.717) is 6.61 Å². The minimum Gasteiger partial charge on any atom is -0.396 e. The number of nitrogens with zero attached hydrogens (tertiary/aromatic N) is 2. The van der Waals surface area contributed by atoms with Crippen molar-refractivity contribution in [3.05, 3.63) is 18.2 Å². The molecule has 1 heterocycles. The Morgan fingerprint density at radius 1 is 1.29 bits per heavy atom. The zero-order valence-electron chi connectivity index (χ0n) is 10.4. The first kappa shape index (κ1) is 12.6. The third-order valence-corrected chi connectivity index (χ3v) is 3.24. The summed E-state index contributed by atoms with van der Waals surface area (Å²) < 4.78 is 2.24. The maximum atomic E-state index is 8.70. The number of nitrogens with one attached hydrogen (secondary N) is 1. The number of aliphatic hydroxyl groups excluding tert-OH is 1. The zero-order valence-corrected chi connectivity index (χ0v) is 10.4. The fraction of sp³-hybridized carbons (Fsp3) is 0.769. The van der Waals surface area contributed by atoms with Gasteiger partial charge in [-0.2, -0.15) is 0 Å². The van der Waals surface area contributed by atoms with E-state index in [0.717, 1.165) is 37.8 Å². The molecule has 1 aliphatic carbocycles. The van der Waals surface area contributed by atoms with Crippen LogP contribution in [0.4, 0.5) is 0 Å². The SMILES string of the molecule is OCCCCCCn1ccnc1CNC1CC1. The normalized spacial score (nSPS) is 15.4. The Morgan fingerprint density at radius 3 is 2.88 bits per heavy atom. The van der Waals surface area contributed by atoms with E-state index in [1.54, 1.807) is 0 Å². The van der Waals surface area contributed by atoms with E-state index in [-0.39, 0.29) is 0 Å². The van der Waals surface area contributed by atoms with Gasteiger partial charge in [-0.3, -0.25) is 0 Å². The molecule has 0 saturated heterocycles. The second-order valence-electron chi connectivity index (χ2n) is 4.83. The molecule has 2 N–H and O–H groups in total. The van der Waals surface area contributed by atoms with Gasteiger partial charge in [-0.1, -0.05) is 12.8 Å². The molecule has 0 spiro atoms. The molecule has 96 valence electrons. The molecule has 0 aliphatic heterocycles. The Balaban J connectivity index is 1.66. The Bertz CT molecular complexity index is 320. The molecule has 17 heavy (non-hydrogen) atoms. The van der Waals surface area contributed by atoms with Gasteiger partial charge in [0.15, 0.2) is 0 Å². The van der Waals surface area contributed by atoms with E-state index in [1.165, 1.54) is 25.7 Å². The fourth-order valence-corrected chi connectivity index (χ4v) is 1.98. The number of aromatic nitrogens is 2. The lowest BCUT2D eigenvalue weighted by Crippen LogP contribution is -2.18. The van der Waals surface area contributed by atoms with Crippen LogP contribution in [0.15, 0.2) is 12.4 Å². The highest BCUT2D eigenvalue weighted by molar-refractivity contribution is 4.94. The van der Waals surface area contributed by atoms with Crippen molar-refractivity contribution in [2.24, 2.45) is 0 Å². The molecule has 0 bridgehead atoms. The Hall–Kier alpha value is -0.870. The average molecular weight is 237 g/mol. The number of rotatable bonds is 9. The monoisotopic (exact) mass is 237 g/mol. The number of unbranched alkanes of at least 4 members (excludes halogenated alkanes) is 3. The Kier molecular flexibility index (Phi) is 5.01. The van der Waals surface area contributed by atoms with Gasteiger partial charge in [0.25, 0.3) is 0 Å². The molecule has 1 aliphatic rings. The predicted molar refractivity (Wildman–Crippen MR) is 67.6 cm³/mol. The van der Waals surface area contributed by atoms with E-state index < -0.39 is 0 Å². The summed E-state index contributed by atoms with van der Waals surface area (Å²) in [7, 11) is 0. The number of aryl methyl sites for hydroxylation is 1. The molecule has 4 heteroatoms. The average Bonchev–Trinajstić information content (AvgIpc) is 3.06. The molecule has 1 fully saturated rings. The van der Waals surface area contributed by atoms with Gasteiger partial charge in [-0.25, -0.2) is 4.98 Å². The van der Waals surface area contributed by atoms with Gasteiger partial charge in [0.2, 0.25) is 0 Å². The molecule has 4 nitrogen and oxygen atoms in total. The first-order valence-electron chi connectivity index (χ1n) is 6.74. The largest absolute Gasteiger partial charge is 0.396 e. The van der Waals surface area contributed by atoms with Crippen molar-refractivity contribution in [3.63, 3.8) is 0 Å². The minimum absolute atomic E-state index is 0.321. The standard InChI is InChI=1S/C13H23N3O/c17-10-4-2-1-3-8-16-9-7-14-13(16)11-15-12-5-6-12/h7,9,12,15,17H,1-6,8,10-11H2. The van der Waals surface area contributed by atoms with Gasteiger partial charge in [0, 0.05) is 31.6 Å². The Labute approximate surface area is 103 Å². The van der Waals surface area contributed by atoms with Crippen molar-refractivity contribution in [2.75, 3.05) is 6.61 Å². The lowest BCUT2D eigenvalue weighted by molar-refractivity contribution is 0.282. The lowest BCUT2D eigenvalue weighted by atomic mass is 10.2. The summed E-state index contributed by atoms with van der Waals surface area (Å²) in [6.07, 6.45) is 11.0. The van der Waals surface area contributed by atoms with Crippen LogP contribution in [0.5, 0.6) is 0 Å². The van der Waals surface area contributed by atoms with Gasteiger partial charge >= 0.3 is 0 Å². The Morgan fingerprint density at radius 2 is 2.12 bits per heavy atom. The maximum absolute atomic E-state index is 8.70. The van der Waals surface area contributed by atoms with E-state index in [2.05, 4.69) is 21.1 Å². The van der Waals surface area contributed by atoms with E-state index in [9.17, 15) is 0 Å². The molecule has 1 saturated carbocycles. The fourth-order valence-electron chi connectivity index (χ4n) is 1.98. The number of imidazole rings is 1. The molecule has 0 unspecified atom stereocenters. The summed E-state index contributed by atoms with van der Waals surface area (Å²) in [4.78, 5) is 4.39. The van der Waals surface area contributed by atoms with Gasteiger partial charge in [0.05, 0.1) is 6.54 Å². The van der Waals surface area contributed by atoms with Crippen LogP contribution in [-0.4, -0.2) is 27.3 Å². The number of aliphatic hydroxyl groups is 1. The van der Waals surface area contributed by atoms with Crippen LogP contribution in [0.3, 0.4) is 0 Å². The van der Waals surface area contributed by atoms with Crippen molar-refractivity contribution < 1.29 is 5.11 Å². The van der Waals surface area contributed by atoms with E-state index in [1.807, 2.05) is 6.20 Å². The van der Waals surface area contributed by atoms with Gasteiger partial charge < -0.3 is 15.0 Å². The molecule has 2 rings (SSSR count). The predicted octanol–water partition coefficient (Wildman–Crippen LogP) is 1.69. The summed E-state index contributed by atoms with van der Waals surface area (Å²) in [6.45, 7) is 2.27. The molecular weight excluding hydrogens is 214 g/mol.